The Morgan fingerprint density at radius 2 is 0.942 bits per heavy atom. The quantitative estimate of drug-likeness (QED) is 0.181. The molecule has 0 aliphatic rings. The molecule has 3 nitrogen and oxygen atoms in total. The van der Waals surface area contributed by atoms with Crippen LogP contribution in [-0.4, -0.2) is 0 Å². The van der Waals surface area contributed by atoms with Crippen LogP contribution in [0.25, 0.3) is 86.3 Å². The molecule has 3 aromatic heterocycles. The number of furan rings is 2. The lowest BCUT2D eigenvalue weighted by molar-refractivity contribution is 0.666. The number of nitrogens with zero attached hydrogens (tertiary/aromatic N) is 1. The summed E-state index contributed by atoms with van der Waals surface area (Å²) in [5, 5.41) is 6.93. The second kappa shape index (κ2) is 11.5. The molecule has 0 saturated carbocycles. The summed E-state index contributed by atoms with van der Waals surface area (Å²) < 4.78 is 16.0. The first-order valence-corrected chi connectivity index (χ1v) is 18.3. The Bertz CT molecular complexity index is 3030. The maximum absolute atomic E-state index is 6.69. The van der Waals surface area contributed by atoms with E-state index in [2.05, 4.69) is 157 Å². The summed E-state index contributed by atoms with van der Waals surface area (Å²) >= 11 is 1.86. The Labute approximate surface area is 303 Å². The predicted molar refractivity (Wildman–Crippen MR) is 219 cm³/mol. The van der Waals surface area contributed by atoms with Gasteiger partial charge in [-0.1, -0.05) is 133 Å². The normalized spacial score (nSPS) is 11.8. The first kappa shape index (κ1) is 29.1. The molecule has 3 heterocycles. The number of fused-ring (bicyclic) bond motifs is 9. The van der Waals surface area contributed by atoms with Crippen molar-refractivity contribution in [1.29, 1.82) is 0 Å². The van der Waals surface area contributed by atoms with Gasteiger partial charge in [0.1, 0.15) is 11.2 Å². The molecule has 0 unspecified atom stereocenters. The van der Waals surface area contributed by atoms with Crippen LogP contribution in [0.15, 0.2) is 185 Å². The van der Waals surface area contributed by atoms with Crippen molar-refractivity contribution in [3.63, 3.8) is 0 Å². The molecular weight excluding hydrogens is 655 g/mol. The van der Waals surface area contributed by atoms with Crippen LogP contribution in [0.1, 0.15) is 0 Å². The molecule has 0 N–H and O–H groups in total. The highest BCUT2D eigenvalue weighted by atomic mass is 32.1. The predicted octanol–water partition coefficient (Wildman–Crippen LogP) is 14.7. The zero-order valence-corrected chi connectivity index (χ0v) is 28.7. The van der Waals surface area contributed by atoms with E-state index in [0.717, 1.165) is 72.1 Å². The van der Waals surface area contributed by atoms with Crippen molar-refractivity contribution in [2.24, 2.45) is 0 Å². The van der Waals surface area contributed by atoms with Gasteiger partial charge in [0.2, 0.25) is 0 Å². The van der Waals surface area contributed by atoms with E-state index in [1.54, 1.807) is 0 Å². The van der Waals surface area contributed by atoms with Crippen molar-refractivity contribution >= 4 is 92.4 Å². The summed E-state index contributed by atoms with van der Waals surface area (Å²) in [5.41, 5.74) is 11.0. The van der Waals surface area contributed by atoms with Crippen molar-refractivity contribution in [2.45, 2.75) is 0 Å². The fourth-order valence-corrected chi connectivity index (χ4v) is 9.18. The van der Waals surface area contributed by atoms with Gasteiger partial charge in [0, 0.05) is 53.0 Å². The monoisotopic (exact) mass is 683 g/mol. The van der Waals surface area contributed by atoms with E-state index in [1.807, 2.05) is 35.6 Å². The zero-order valence-electron chi connectivity index (χ0n) is 27.9. The van der Waals surface area contributed by atoms with Crippen LogP contribution in [0.5, 0.6) is 0 Å². The van der Waals surface area contributed by atoms with Gasteiger partial charge in [0.05, 0.1) is 11.4 Å². The van der Waals surface area contributed by atoms with Gasteiger partial charge in [-0.3, -0.25) is 0 Å². The minimum absolute atomic E-state index is 0.831. The Morgan fingerprint density at radius 3 is 1.63 bits per heavy atom. The third-order valence-electron chi connectivity index (χ3n) is 10.3. The van der Waals surface area contributed by atoms with Crippen molar-refractivity contribution in [1.82, 2.24) is 0 Å². The van der Waals surface area contributed by atoms with E-state index in [9.17, 15) is 0 Å². The number of rotatable bonds is 5. The Balaban J connectivity index is 1.21. The van der Waals surface area contributed by atoms with Gasteiger partial charge in [0.15, 0.2) is 11.2 Å². The molecule has 0 aliphatic carbocycles. The summed E-state index contributed by atoms with van der Waals surface area (Å²) in [7, 11) is 0. The Morgan fingerprint density at radius 1 is 0.385 bits per heavy atom. The molecule has 0 amide bonds. The van der Waals surface area contributed by atoms with Crippen molar-refractivity contribution in [3.05, 3.63) is 176 Å². The maximum atomic E-state index is 6.69. The molecule has 52 heavy (non-hydrogen) atoms. The molecule has 0 fully saturated rings. The molecule has 0 aliphatic heterocycles. The summed E-state index contributed by atoms with van der Waals surface area (Å²) in [6, 6.07) is 62.4. The lowest BCUT2D eigenvalue weighted by Crippen LogP contribution is -2.11. The van der Waals surface area contributed by atoms with E-state index < -0.39 is 0 Å². The van der Waals surface area contributed by atoms with Crippen molar-refractivity contribution in [2.75, 3.05) is 4.90 Å². The molecule has 4 heteroatoms. The molecule has 0 saturated heterocycles. The first-order chi connectivity index (χ1) is 25.8. The van der Waals surface area contributed by atoms with E-state index in [4.69, 9.17) is 8.83 Å². The molecule has 0 radical (unpaired) electrons. The van der Waals surface area contributed by atoms with Crippen molar-refractivity contribution < 1.29 is 8.83 Å². The molecule has 11 aromatic rings. The molecule has 8 aromatic carbocycles. The van der Waals surface area contributed by atoms with Crippen LogP contribution < -0.4 is 4.90 Å². The minimum atomic E-state index is 0.831. The molecule has 244 valence electrons. The third kappa shape index (κ3) is 4.38. The van der Waals surface area contributed by atoms with Gasteiger partial charge in [-0.25, -0.2) is 0 Å². The topological polar surface area (TPSA) is 29.5 Å². The van der Waals surface area contributed by atoms with Crippen molar-refractivity contribution in [3.8, 4) is 22.3 Å². The summed E-state index contributed by atoms with van der Waals surface area (Å²) in [5.74, 6) is 0. The Kier molecular flexibility index (Phi) is 6.42. The fraction of sp³-hybridized carbons (Fsp3) is 0. The fourth-order valence-electron chi connectivity index (χ4n) is 7.95. The zero-order chi connectivity index (χ0) is 34.2. The van der Waals surface area contributed by atoms with Gasteiger partial charge in [-0.2, -0.15) is 0 Å². The number of benzene rings is 8. The van der Waals surface area contributed by atoms with Crippen LogP contribution in [0.4, 0.5) is 17.1 Å². The first-order valence-electron chi connectivity index (χ1n) is 17.5. The highest BCUT2D eigenvalue weighted by Gasteiger charge is 2.24. The average molecular weight is 684 g/mol. The highest BCUT2D eigenvalue weighted by molar-refractivity contribution is 7.26. The van der Waals surface area contributed by atoms with Gasteiger partial charge >= 0.3 is 0 Å². The van der Waals surface area contributed by atoms with E-state index in [0.29, 0.717) is 0 Å². The largest absolute Gasteiger partial charge is 0.454 e. The lowest BCUT2D eigenvalue weighted by Gasteiger charge is -2.27. The van der Waals surface area contributed by atoms with E-state index in [-0.39, 0.29) is 0 Å². The van der Waals surface area contributed by atoms with Gasteiger partial charge in [-0.15, -0.1) is 11.3 Å². The lowest BCUT2D eigenvalue weighted by atomic mass is 9.92. The number of hydrogen-bond donors (Lipinski definition) is 0. The van der Waals surface area contributed by atoms with Crippen LogP contribution in [0.3, 0.4) is 0 Å². The SMILES string of the molecule is c1ccc(-c2cc(N(c3cccc4c3oc3ccccc34)c3cccc4c3oc3ccccc34)ccc2-c2cccc3c2sc2ccccc23)cc1. The molecule has 11 rings (SSSR count). The summed E-state index contributed by atoms with van der Waals surface area (Å²) in [6.07, 6.45) is 0. The summed E-state index contributed by atoms with van der Waals surface area (Å²) in [4.78, 5) is 2.31. The standard InChI is InChI=1S/C48H29NO2S/c1-2-13-30(14-3-1)40-29-31(27-28-32(40)38-20-10-21-39-35-17-6-9-26-45(35)52-48(38)39)49(41-22-11-18-36-33-15-4-7-24-43(33)50-46(36)41)42-23-12-19-37-34-16-5-8-25-44(34)51-47(37)42/h1-29H. The molecular formula is C48H29NO2S. The summed E-state index contributed by atoms with van der Waals surface area (Å²) in [6.45, 7) is 0. The van der Waals surface area contributed by atoms with Gasteiger partial charge < -0.3 is 13.7 Å². The molecule has 0 atom stereocenters. The van der Waals surface area contributed by atoms with Crippen LogP contribution in [0.2, 0.25) is 0 Å². The number of para-hydroxylation sites is 4. The highest BCUT2D eigenvalue weighted by Crippen LogP contribution is 2.49. The van der Waals surface area contributed by atoms with Crippen LogP contribution in [-0.2, 0) is 0 Å². The second-order valence-electron chi connectivity index (χ2n) is 13.2. The Hall–Kier alpha value is -6.62. The third-order valence-corrected chi connectivity index (χ3v) is 11.5. The van der Waals surface area contributed by atoms with Gasteiger partial charge in [0.25, 0.3) is 0 Å². The van der Waals surface area contributed by atoms with Crippen LogP contribution in [0, 0.1) is 0 Å². The van der Waals surface area contributed by atoms with E-state index in [1.165, 1.54) is 31.3 Å². The second-order valence-corrected chi connectivity index (χ2v) is 14.3. The molecule has 0 bridgehead atoms. The maximum Gasteiger partial charge on any atom is 0.159 e. The number of hydrogen-bond acceptors (Lipinski definition) is 4. The average Bonchev–Trinajstić information content (AvgIpc) is 3.91. The van der Waals surface area contributed by atoms with Crippen LogP contribution >= 0.6 is 11.3 Å². The van der Waals surface area contributed by atoms with E-state index >= 15 is 0 Å². The smallest absolute Gasteiger partial charge is 0.159 e. The number of thiophene rings is 1. The van der Waals surface area contributed by atoms with Gasteiger partial charge in [-0.05, 0) is 59.2 Å². The minimum Gasteiger partial charge on any atom is -0.454 e. The molecule has 0 spiro atoms. The number of anilines is 3.